The van der Waals surface area contributed by atoms with Crippen molar-refractivity contribution in [2.75, 3.05) is 11.9 Å². The van der Waals surface area contributed by atoms with Crippen LogP contribution in [0.1, 0.15) is 29.9 Å². The first-order valence-electron chi connectivity index (χ1n) is 9.25. The molecule has 0 spiro atoms. The highest BCUT2D eigenvalue weighted by atomic mass is 19.4. The third kappa shape index (κ3) is 3.72. The molecule has 2 aliphatic heterocycles. The van der Waals surface area contributed by atoms with Gasteiger partial charge in [-0.15, -0.1) is 0 Å². The number of benzene rings is 2. The van der Waals surface area contributed by atoms with Crippen LogP contribution in [0, 0.1) is 0 Å². The largest absolute Gasteiger partial charge is 0.493 e. The molecule has 29 heavy (non-hydrogen) atoms. The predicted molar refractivity (Wildman–Crippen MR) is 102 cm³/mol. The van der Waals surface area contributed by atoms with Crippen LogP contribution in [0.5, 0.6) is 5.75 Å². The fourth-order valence-electron chi connectivity index (χ4n) is 3.77. The second kappa shape index (κ2) is 7.18. The number of carbonyl (C=O) groups excluding carboxylic acids is 1. The summed E-state index contributed by atoms with van der Waals surface area (Å²) in [6.45, 7) is 0.284. The third-order valence-corrected chi connectivity index (χ3v) is 5.31. The van der Waals surface area contributed by atoms with E-state index in [1.807, 2.05) is 0 Å². The first kappa shape index (κ1) is 19.4. The molecule has 152 valence electrons. The van der Waals surface area contributed by atoms with Crippen molar-refractivity contribution in [3.63, 3.8) is 0 Å². The Morgan fingerprint density at radius 1 is 1.21 bits per heavy atom. The summed E-state index contributed by atoms with van der Waals surface area (Å²) < 4.78 is 47.0. The second-order valence-electron chi connectivity index (χ2n) is 7.28. The van der Waals surface area contributed by atoms with E-state index in [4.69, 9.17) is 4.74 Å². The van der Waals surface area contributed by atoms with Crippen molar-refractivity contribution in [3.05, 3.63) is 53.6 Å². The van der Waals surface area contributed by atoms with Gasteiger partial charge in [0.25, 0.3) is 0 Å². The molecule has 0 aliphatic carbocycles. The molecule has 2 aromatic carbocycles. The molecule has 0 aromatic heterocycles. The number of hydrogen-bond donors (Lipinski definition) is 2. The number of nitrogens with zero attached hydrogens (tertiary/aromatic N) is 1. The molecule has 2 unspecified atom stereocenters. The molecule has 0 saturated heterocycles. The summed E-state index contributed by atoms with van der Waals surface area (Å²) in [6.07, 6.45) is -4.51. The molecule has 8 heteroatoms. The lowest BCUT2D eigenvalue weighted by Crippen LogP contribution is -2.48. The van der Waals surface area contributed by atoms with Crippen molar-refractivity contribution in [1.82, 2.24) is 0 Å². The number of anilines is 1. The molecule has 2 aliphatic rings. The van der Waals surface area contributed by atoms with Crippen LogP contribution in [-0.2, 0) is 11.2 Å². The minimum absolute atomic E-state index is 0.0423. The number of aliphatic hydroxyl groups is 1. The minimum Gasteiger partial charge on any atom is -0.493 e. The highest BCUT2D eigenvalue weighted by molar-refractivity contribution is 6.01. The summed E-state index contributed by atoms with van der Waals surface area (Å²) in [5.41, 5.74) is -1.18. The molecular formula is C21H19F3N2O3. The lowest BCUT2D eigenvalue weighted by molar-refractivity contribution is -0.232. The summed E-state index contributed by atoms with van der Waals surface area (Å²) in [6, 6.07) is 11.7. The van der Waals surface area contributed by atoms with Gasteiger partial charge in [0.05, 0.1) is 18.7 Å². The summed E-state index contributed by atoms with van der Waals surface area (Å²) in [5, 5.41) is 13.2. The Morgan fingerprint density at radius 3 is 2.79 bits per heavy atom. The number of aliphatic imine (C=N–C) groups is 1. The highest BCUT2D eigenvalue weighted by Crippen LogP contribution is 2.43. The van der Waals surface area contributed by atoms with Crippen LogP contribution in [-0.4, -0.2) is 35.6 Å². The molecule has 2 aromatic rings. The van der Waals surface area contributed by atoms with Gasteiger partial charge in [-0.3, -0.25) is 9.79 Å². The molecule has 2 N–H and O–H groups in total. The molecule has 0 radical (unpaired) electrons. The third-order valence-electron chi connectivity index (χ3n) is 5.31. The van der Waals surface area contributed by atoms with Gasteiger partial charge in [0.1, 0.15) is 5.75 Å². The number of amides is 1. The van der Waals surface area contributed by atoms with E-state index in [1.165, 1.54) is 6.07 Å². The topological polar surface area (TPSA) is 70.9 Å². The van der Waals surface area contributed by atoms with E-state index < -0.39 is 24.1 Å². The van der Waals surface area contributed by atoms with E-state index in [2.05, 4.69) is 10.3 Å². The Labute approximate surface area is 165 Å². The van der Waals surface area contributed by atoms with Crippen molar-refractivity contribution in [2.24, 2.45) is 4.99 Å². The van der Waals surface area contributed by atoms with Gasteiger partial charge in [-0.2, -0.15) is 13.2 Å². The Kier molecular flexibility index (Phi) is 4.82. The SMILES string of the molecule is O=C1Cc2c(/N=C\C(O)(CC3CCOc4ccccc43)C(F)(F)F)cccc2N1. The van der Waals surface area contributed by atoms with Crippen LogP contribution in [0.15, 0.2) is 47.5 Å². The second-order valence-corrected chi connectivity index (χ2v) is 7.28. The Balaban J connectivity index is 1.65. The van der Waals surface area contributed by atoms with Gasteiger partial charge in [-0.05, 0) is 42.5 Å². The zero-order chi connectivity index (χ0) is 20.6. The number of nitrogens with one attached hydrogen (secondary N) is 1. The molecule has 2 heterocycles. The number of ether oxygens (including phenoxy) is 1. The molecule has 5 nitrogen and oxygen atoms in total. The van der Waals surface area contributed by atoms with Gasteiger partial charge in [-0.1, -0.05) is 24.3 Å². The standard InChI is InChI=1S/C21H19F3N2O3/c22-21(23,24)20(28,11-13-8-9-29-18-7-2-1-4-14(13)18)12-25-16-5-3-6-17-15(16)10-19(27)26-17/h1-7,12-13,28H,8-11H2,(H,26,27)/b25-12-. The quantitative estimate of drug-likeness (QED) is 0.753. The smallest absolute Gasteiger partial charge is 0.422 e. The van der Waals surface area contributed by atoms with Crippen molar-refractivity contribution in [3.8, 4) is 5.75 Å². The average molecular weight is 404 g/mol. The van der Waals surface area contributed by atoms with Gasteiger partial charge in [-0.25, -0.2) is 0 Å². The van der Waals surface area contributed by atoms with Crippen molar-refractivity contribution < 1.29 is 27.8 Å². The lowest BCUT2D eigenvalue weighted by Gasteiger charge is -2.33. The van der Waals surface area contributed by atoms with Crippen LogP contribution >= 0.6 is 0 Å². The molecule has 0 fully saturated rings. The van der Waals surface area contributed by atoms with E-state index in [0.717, 1.165) is 0 Å². The lowest BCUT2D eigenvalue weighted by atomic mass is 9.82. The number of fused-ring (bicyclic) bond motifs is 2. The van der Waals surface area contributed by atoms with Crippen LogP contribution in [0.4, 0.5) is 24.5 Å². The van der Waals surface area contributed by atoms with Gasteiger partial charge in [0.15, 0.2) is 5.60 Å². The maximum Gasteiger partial charge on any atom is 0.422 e. The Hall–Kier alpha value is -2.87. The highest BCUT2D eigenvalue weighted by Gasteiger charge is 2.54. The number of para-hydroxylation sites is 1. The number of halogens is 3. The van der Waals surface area contributed by atoms with Crippen LogP contribution in [0.2, 0.25) is 0 Å². The van der Waals surface area contributed by atoms with Crippen molar-refractivity contribution in [1.29, 1.82) is 0 Å². The first-order valence-corrected chi connectivity index (χ1v) is 9.25. The van der Waals surface area contributed by atoms with E-state index in [1.54, 1.807) is 36.4 Å². The predicted octanol–water partition coefficient (Wildman–Crippen LogP) is 4.13. The van der Waals surface area contributed by atoms with Crippen molar-refractivity contribution >= 4 is 23.5 Å². The van der Waals surface area contributed by atoms with Gasteiger partial charge < -0.3 is 15.2 Å². The van der Waals surface area contributed by atoms with Crippen LogP contribution in [0.3, 0.4) is 0 Å². The average Bonchev–Trinajstić information content (AvgIpc) is 3.06. The molecular weight excluding hydrogens is 385 g/mol. The molecule has 4 rings (SSSR count). The molecule has 2 atom stereocenters. The summed E-state index contributed by atoms with van der Waals surface area (Å²) in [4.78, 5) is 15.5. The fourth-order valence-corrected chi connectivity index (χ4v) is 3.77. The van der Waals surface area contributed by atoms with Gasteiger partial charge in [0.2, 0.25) is 5.91 Å². The maximum absolute atomic E-state index is 13.8. The van der Waals surface area contributed by atoms with Crippen LogP contribution < -0.4 is 10.1 Å². The zero-order valence-corrected chi connectivity index (χ0v) is 15.4. The monoisotopic (exact) mass is 404 g/mol. The Bertz CT molecular complexity index is 974. The maximum atomic E-state index is 13.8. The van der Waals surface area contributed by atoms with E-state index in [9.17, 15) is 23.1 Å². The summed E-state index contributed by atoms with van der Waals surface area (Å²) in [7, 11) is 0. The fraction of sp³-hybridized carbons (Fsp3) is 0.333. The zero-order valence-electron chi connectivity index (χ0n) is 15.4. The Morgan fingerprint density at radius 2 is 2.00 bits per heavy atom. The molecule has 0 saturated carbocycles. The van der Waals surface area contributed by atoms with Crippen LogP contribution in [0.25, 0.3) is 0 Å². The number of hydrogen-bond acceptors (Lipinski definition) is 4. The normalized spacial score (nSPS) is 20.6. The number of alkyl halides is 3. The summed E-state index contributed by atoms with van der Waals surface area (Å²) in [5.74, 6) is -0.231. The van der Waals surface area contributed by atoms with E-state index in [-0.39, 0.29) is 24.6 Å². The number of rotatable bonds is 4. The van der Waals surface area contributed by atoms with E-state index >= 15 is 0 Å². The van der Waals surface area contributed by atoms with Gasteiger partial charge >= 0.3 is 6.18 Å². The van der Waals surface area contributed by atoms with E-state index in [0.29, 0.717) is 35.2 Å². The van der Waals surface area contributed by atoms with Gasteiger partial charge in [0, 0.05) is 17.5 Å². The first-order chi connectivity index (χ1) is 13.8. The van der Waals surface area contributed by atoms with Crippen molar-refractivity contribution in [2.45, 2.75) is 37.0 Å². The summed E-state index contributed by atoms with van der Waals surface area (Å²) >= 11 is 0. The minimum atomic E-state index is -4.91. The molecule has 0 bridgehead atoms. The number of carbonyl (C=O) groups is 1. The molecule has 1 amide bonds.